The van der Waals surface area contributed by atoms with Crippen molar-refractivity contribution in [3.8, 4) is 0 Å². The number of rotatable bonds is 6. The van der Waals surface area contributed by atoms with Gasteiger partial charge in [-0.3, -0.25) is 4.79 Å². The highest BCUT2D eigenvalue weighted by Crippen LogP contribution is 2.19. The summed E-state index contributed by atoms with van der Waals surface area (Å²) in [7, 11) is -2.27. The smallest absolute Gasteiger partial charge is 0.243 e. The van der Waals surface area contributed by atoms with Crippen molar-refractivity contribution < 1.29 is 13.2 Å². The molecule has 0 saturated heterocycles. The molecule has 2 rings (SSSR count). The number of hydrogen-bond donors (Lipinski definition) is 1. The predicted molar refractivity (Wildman–Crippen MR) is 98.7 cm³/mol. The van der Waals surface area contributed by atoms with E-state index in [2.05, 4.69) is 11.4 Å². The van der Waals surface area contributed by atoms with Crippen LogP contribution in [0.4, 0.5) is 0 Å². The first-order chi connectivity index (χ1) is 11.7. The number of amides is 1. The van der Waals surface area contributed by atoms with Crippen molar-refractivity contribution in [1.82, 2.24) is 9.62 Å². The Morgan fingerprint density at radius 2 is 1.76 bits per heavy atom. The lowest BCUT2D eigenvalue weighted by Gasteiger charge is -2.20. The number of carbonyl (C=O) groups excluding carboxylic acids is 1. The van der Waals surface area contributed by atoms with Gasteiger partial charge >= 0.3 is 0 Å². The van der Waals surface area contributed by atoms with E-state index in [1.165, 1.54) is 19.2 Å². The van der Waals surface area contributed by atoms with E-state index in [1.807, 2.05) is 32.9 Å². The summed E-state index contributed by atoms with van der Waals surface area (Å²) in [5.41, 5.74) is 3.28. The van der Waals surface area contributed by atoms with E-state index in [0.717, 1.165) is 21.0 Å². The Labute approximate surface area is 149 Å². The fraction of sp³-hybridized carbons (Fsp3) is 0.316. The van der Waals surface area contributed by atoms with E-state index in [0.29, 0.717) is 0 Å². The third-order valence-corrected chi connectivity index (χ3v) is 5.90. The molecule has 1 atom stereocenters. The molecule has 0 bridgehead atoms. The number of hydrogen-bond acceptors (Lipinski definition) is 3. The molecule has 0 aliphatic heterocycles. The van der Waals surface area contributed by atoms with Crippen LogP contribution < -0.4 is 5.32 Å². The summed E-state index contributed by atoms with van der Waals surface area (Å²) >= 11 is 0. The molecule has 25 heavy (non-hydrogen) atoms. The highest BCUT2D eigenvalue weighted by Gasteiger charge is 2.23. The van der Waals surface area contributed by atoms with E-state index in [1.54, 1.807) is 18.2 Å². The van der Waals surface area contributed by atoms with Crippen LogP contribution in [0, 0.1) is 13.8 Å². The number of benzene rings is 2. The zero-order chi connectivity index (χ0) is 18.6. The third-order valence-electron chi connectivity index (χ3n) is 4.09. The molecule has 0 fully saturated rings. The monoisotopic (exact) mass is 360 g/mol. The number of sulfonamides is 1. The molecule has 0 spiro atoms. The van der Waals surface area contributed by atoms with Crippen molar-refractivity contribution in [3.05, 3.63) is 65.2 Å². The van der Waals surface area contributed by atoms with E-state index in [4.69, 9.17) is 0 Å². The molecule has 2 aromatic rings. The Hall–Kier alpha value is -2.18. The topological polar surface area (TPSA) is 66.5 Å². The third kappa shape index (κ3) is 4.67. The number of likely N-dealkylation sites (N-methyl/N-ethyl adjacent to an activating group) is 1. The molecule has 2 aromatic carbocycles. The van der Waals surface area contributed by atoms with Crippen LogP contribution in [0.1, 0.15) is 29.7 Å². The van der Waals surface area contributed by atoms with Crippen LogP contribution in [0.5, 0.6) is 0 Å². The van der Waals surface area contributed by atoms with Crippen LogP contribution in [0.3, 0.4) is 0 Å². The van der Waals surface area contributed by atoms with E-state index in [9.17, 15) is 13.2 Å². The lowest BCUT2D eigenvalue weighted by molar-refractivity contribution is -0.121. The Kier molecular flexibility index (Phi) is 5.98. The average molecular weight is 360 g/mol. The van der Waals surface area contributed by atoms with Gasteiger partial charge in [-0.25, -0.2) is 8.42 Å². The second-order valence-electron chi connectivity index (χ2n) is 6.22. The number of nitrogens with zero attached hydrogens (tertiary/aromatic N) is 1. The Bertz CT molecular complexity index is 848. The van der Waals surface area contributed by atoms with E-state index >= 15 is 0 Å². The maximum atomic E-state index is 12.5. The highest BCUT2D eigenvalue weighted by molar-refractivity contribution is 7.89. The molecule has 134 valence electrons. The van der Waals surface area contributed by atoms with Crippen molar-refractivity contribution in [3.63, 3.8) is 0 Å². The molecular formula is C19H24N2O3S. The van der Waals surface area contributed by atoms with Crippen LogP contribution in [0.2, 0.25) is 0 Å². The minimum atomic E-state index is -3.68. The van der Waals surface area contributed by atoms with E-state index < -0.39 is 10.0 Å². The predicted octanol–water partition coefficient (Wildman–Crippen LogP) is 2.80. The summed E-state index contributed by atoms with van der Waals surface area (Å²) in [4.78, 5) is 12.5. The normalized spacial score (nSPS) is 12.8. The van der Waals surface area contributed by atoms with Gasteiger partial charge in [0.1, 0.15) is 0 Å². The summed E-state index contributed by atoms with van der Waals surface area (Å²) in [6.45, 7) is 5.67. The molecule has 0 heterocycles. The fourth-order valence-corrected chi connectivity index (χ4v) is 3.88. The summed E-state index contributed by atoms with van der Waals surface area (Å²) in [5, 5.41) is 2.87. The number of carbonyl (C=O) groups is 1. The van der Waals surface area contributed by atoms with Crippen molar-refractivity contribution in [1.29, 1.82) is 0 Å². The molecule has 0 saturated carbocycles. The lowest BCUT2D eigenvalue weighted by Crippen LogP contribution is -2.39. The minimum Gasteiger partial charge on any atom is -0.348 e. The van der Waals surface area contributed by atoms with Gasteiger partial charge in [-0.1, -0.05) is 42.0 Å². The van der Waals surface area contributed by atoms with Gasteiger partial charge in [0.25, 0.3) is 0 Å². The summed E-state index contributed by atoms with van der Waals surface area (Å²) in [6, 6.07) is 13.9. The van der Waals surface area contributed by atoms with Crippen molar-refractivity contribution in [2.75, 3.05) is 13.6 Å². The highest BCUT2D eigenvalue weighted by atomic mass is 32.2. The van der Waals surface area contributed by atoms with Gasteiger partial charge in [0.05, 0.1) is 17.5 Å². The average Bonchev–Trinajstić information content (AvgIpc) is 2.55. The van der Waals surface area contributed by atoms with Gasteiger partial charge in [0, 0.05) is 7.05 Å². The van der Waals surface area contributed by atoms with Crippen LogP contribution in [-0.4, -0.2) is 32.2 Å². The van der Waals surface area contributed by atoms with Gasteiger partial charge in [-0.2, -0.15) is 4.31 Å². The van der Waals surface area contributed by atoms with Crippen molar-refractivity contribution >= 4 is 15.9 Å². The summed E-state index contributed by atoms with van der Waals surface area (Å²) < 4.78 is 26.0. The van der Waals surface area contributed by atoms with Crippen LogP contribution in [0.15, 0.2) is 53.4 Å². The lowest BCUT2D eigenvalue weighted by atomic mass is 10.0. The zero-order valence-electron chi connectivity index (χ0n) is 15.0. The number of aryl methyl sites for hydroxylation is 2. The quantitative estimate of drug-likeness (QED) is 0.861. The van der Waals surface area contributed by atoms with Gasteiger partial charge in [-0.05, 0) is 44.0 Å². The van der Waals surface area contributed by atoms with Crippen LogP contribution in [-0.2, 0) is 14.8 Å². The molecule has 1 N–H and O–H groups in total. The van der Waals surface area contributed by atoms with Gasteiger partial charge in [-0.15, -0.1) is 0 Å². The zero-order valence-corrected chi connectivity index (χ0v) is 15.8. The molecule has 0 radical (unpaired) electrons. The molecule has 0 aromatic heterocycles. The van der Waals surface area contributed by atoms with Crippen LogP contribution in [0.25, 0.3) is 0 Å². The molecule has 6 heteroatoms. The molecule has 0 aliphatic rings. The van der Waals surface area contributed by atoms with Gasteiger partial charge in [0.15, 0.2) is 0 Å². The second-order valence-corrected chi connectivity index (χ2v) is 8.27. The standard InChI is InChI=1S/C19H24N2O3S/c1-14-10-11-18(15(2)12-14)16(3)20-19(22)13-21(4)25(23,24)17-8-6-5-7-9-17/h5-12,16H,13H2,1-4H3,(H,20,22). The SMILES string of the molecule is Cc1ccc(C(C)NC(=O)CN(C)S(=O)(=O)c2ccccc2)c(C)c1. The molecular weight excluding hydrogens is 336 g/mol. The molecule has 0 aliphatic carbocycles. The maximum Gasteiger partial charge on any atom is 0.243 e. The van der Waals surface area contributed by atoms with Crippen molar-refractivity contribution in [2.24, 2.45) is 0 Å². The molecule has 1 unspecified atom stereocenters. The Morgan fingerprint density at radius 1 is 1.12 bits per heavy atom. The summed E-state index contributed by atoms with van der Waals surface area (Å²) in [6.07, 6.45) is 0. The van der Waals surface area contributed by atoms with Crippen LogP contribution >= 0.6 is 0 Å². The van der Waals surface area contributed by atoms with Gasteiger partial charge in [0.2, 0.25) is 15.9 Å². The number of nitrogens with one attached hydrogen (secondary N) is 1. The minimum absolute atomic E-state index is 0.174. The Balaban J connectivity index is 2.04. The summed E-state index contributed by atoms with van der Waals surface area (Å²) in [5.74, 6) is -0.338. The Morgan fingerprint density at radius 3 is 2.36 bits per heavy atom. The maximum absolute atomic E-state index is 12.5. The van der Waals surface area contributed by atoms with E-state index in [-0.39, 0.29) is 23.4 Å². The first-order valence-electron chi connectivity index (χ1n) is 8.09. The first kappa shape index (κ1) is 19.1. The molecule has 5 nitrogen and oxygen atoms in total. The molecule has 1 amide bonds. The van der Waals surface area contributed by atoms with Gasteiger partial charge < -0.3 is 5.32 Å². The fourth-order valence-electron chi connectivity index (χ4n) is 2.74. The second kappa shape index (κ2) is 7.80. The first-order valence-corrected chi connectivity index (χ1v) is 9.53. The largest absolute Gasteiger partial charge is 0.348 e. The van der Waals surface area contributed by atoms with Crippen molar-refractivity contribution in [2.45, 2.75) is 31.7 Å².